The molecule has 9 heteroatoms. The van der Waals surface area contributed by atoms with Crippen molar-refractivity contribution in [3.63, 3.8) is 0 Å². The van der Waals surface area contributed by atoms with Crippen LogP contribution in [0.4, 0.5) is 5.95 Å². The number of anilines is 1. The average molecular weight is 339 g/mol. The van der Waals surface area contributed by atoms with Gasteiger partial charge < -0.3 is 4.74 Å². The van der Waals surface area contributed by atoms with Crippen molar-refractivity contribution in [2.24, 2.45) is 0 Å². The Morgan fingerprint density at radius 2 is 1.91 bits per heavy atom. The predicted octanol–water partition coefficient (Wildman–Crippen LogP) is 2.19. The van der Waals surface area contributed by atoms with Crippen molar-refractivity contribution in [2.75, 3.05) is 11.8 Å². The van der Waals surface area contributed by atoms with Crippen molar-refractivity contribution in [1.29, 1.82) is 0 Å². The van der Waals surface area contributed by atoms with Crippen molar-refractivity contribution in [1.82, 2.24) is 14.6 Å². The lowest BCUT2D eigenvalue weighted by atomic mass is 10.4. The maximum atomic E-state index is 12.3. The van der Waals surface area contributed by atoms with Gasteiger partial charge in [-0.05, 0) is 24.3 Å². The molecule has 22 heavy (non-hydrogen) atoms. The molecule has 1 N–H and O–H groups in total. The van der Waals surface area contributed by atoms with Crippen LogP contribution in [0.1, 0.15) is 0 Å². The maximum absolute atomic E-state index is 12.3. The zero-order chi connectivity index (χ0) is 15.7. The second-order valence-electron chi connectivity index (χ2n) is 4.31. The number of ether oxygens (including phenoxy) is 1. The molecule has 0 aliphatic rings. The largest absolute Gasteiger partial charge is 0.493 e. The molecular formula is C13H11ClN4O3S. The van der Waals surface area contributed by atoms with E-state index < -0.39 is 10.0 Å². The highest BCUT2D eigenvalue weighted by atomic mass is 35.5. The van der Waals surface area contributed by atoms with Gasteiger partial charge in [0.1, 0.15) is 5.15 Å². The molecule has 3 aromatic rings. The number of aromatic nitrogens is 3. The fourth-order valence-corrected chi connectivity index (χ4v) is 3.03. The Labute approximate surface area is 131 Å². The summed E-state index contributed by atoms with van der Waals surface area (Å²) >= 11 is 6.02. The normalized spacial score (nSPS) is 11.5. The number of nitrogens with zero attached hydrogens (tertiary/aromatic N) is 3. The summed E-state index contributed by atoms with van der Waals surface area (Å²) in [6.45, 7) is 0. The van der Waals surface area contributed by atoms with E-state index in [9.17, 15) is 8.42 Å². The average Bonchev–Trinajstić information content (AvgIpc) is 2.92. The van der Waals surface area contributed by atoms with Gasteiger partial charge in [-0.3, -0.25) is 0 Å². The Morgan fingerprint density at radius 1 is 1.18 bits per heavy atom. The van der Waals surface area contributed by atoms with E-state index in [2.05, 4.69) is 14.8 Å². The molecule has 114 valence electrons. The third-order valence-corrected chi connectivity index (χ3v) is 4.53. The molecule has 0 spiro atoms. The third-order valence-electron chi connectivity index (χ3n) is 2.90. The number of sulfonamides is 1. The number of methoxy groups -OCH3 is 1. The second kappa shape index (κ2) is 5.47. The molecule has 7 nitrogen and oxygen atoms in total. The Bertz CT molecular complexity index is 925. The Balaban J connectivity index is 2.03. The molecule has 0 amide bonds. The number of benzene rings is 1. The summed E-state index contributed by atoms with van der Waals surface area (Å²) < 4.78 is 33.3. The summed E-state index contributed by atoms with van der Waals surface area (Å²) in [5.41, 5.74) is 0.320. The van der Waals surface area contributed by atoms with Gasteiger partial charge >= 0.3 is 0 Å². The molecule has 3 rings (SSSR count). The first-order chi connectivity index (χ1) is 10.5. The molecule has 0 fully saturated rings. The van der Waals surface area contributed by atoms with Gasteiger partial charge in [0, 0.05) is 0 Å². The minimum Gasteiger partial charge on any atom is -0.493 e. The van der Waals surface area contributed by atoms with Crippen LogP contribution in [0.25, 0.3) is 5.65 Å². The van der Waals surface area contributed by atoms with Crippen LogP contribution in [0, 0.1) is 0 Å². The summed E-state index contributed by atoms with van der Waals surface area (Å²) in [6, 6.07) is 11.2. The number of hydrogen-bond acceptors (Lipinski definition) is 5. The number of nitrogens with one attached hydrogen (secondary N) is 1. The first kappa shape index (κ1) is 14.6. The first-order valence-electron chi connectivity index (χ1n) is 6.18. The monoisotopic (exact) mass is 338 g/mol. The Morgan fingerprint density at radius 3 is 2.59 bits per heavy atom. The van der Waals surface area contributed by atoms with Crippen LogP contribution in [0.3, 0.4) is 0 Å². The molecule has 0 aliphatic carbocycles. The summed E-state index contributed by atoms with van der Waals surface area (Å²) in [7, 11) is -2.29. The number of halogens is 1. The molecule has 0 radical (unpaired) electrons. The van der Waals surface area contributed by atoms with Crippen molar-refractivity contribution in [3.8, 4) is 5.75 Å². The molecule has 2 aromatic heterocycles. The molecule has 0 unspecified atom stereocenters. The van der Waals surface area contributed by atoms with Crippen molar-refractivity contribution in [2.45, 2.75) is 4.90 Å². The fraction of sp³-hybridized carbons (Fsp3) is 0.0769. The standard InChI is InChI=1S/C13H11ClN4O3S/c1-21-10-7-8-11(14)18-12(10)15-13(16-18)17-22(19,20)9-5-3-2-4-6-9/h2-8H,1H3,(H,16,17). The smallest absolute Gasteiger partial charge is 0.264 e. The zero-order valence-electron chi connectivity index (χ0n) is 11.4. The van der Waals surface area contributed by atoms with Crippen LogP contribution in [0.5, 0.6) is 5.75 Å². The maximum Gasteiger partial charge on any atom is 0.264 e. The SMILES string of the molecule is COc1ccc(Cl)n2nc(NS(=O)(=O)c3ccccc3)nc12. The van der Waals surface area contributed by atoms with Crippen molar-refractivity contribution >= 4 is 33.2 Å². The van der Waals surface area contributed by atoms with E-state index in [1.807, 2.05) is 0 Å². The van der Waals surface area contributed by atoms with E-state index in [0.29, 0.717) is 11.4 Å². The van der Waals surface area contributed by atoms with Crippen LogP contribution < -0.4 is 9.46 Å². The molecule has 0 atom stereocenters. The fourth-order valence-electron chi connectivity index (χ4n) is 1.89. The zero-order valence-corrected chi connectivity index (χ0v) is 13.0. The van der Waals surface area contributed by atoms with Crippen LogP contribution >= 0.6 is 11.6 Å². The topological polar surface area (TPSA) is 85.6 Å². The highest BCUT2D eigenvalue weighted by Gasteiger charge is 2.18. The van der Waals surface area contributed by atoms with Gasteiger partial charge in [0.15, 0.2) is 5.75 Å². The lowest BCUT2D eigenvalue weighted by molar-refractivity contribution is 0.416. The summed E-state index contributed by atoms with van der Waals surface area (Å²) in [4.78, 5) is 4.22. The van der Waals surface area contributed by atoms with Crippen LogP contribution in [-0.4, -0.2) is 30.1 Å². The van der Waals surface area contributed by atoms with Gasteiger partial charge in [-0.15, -0.1) is 5.10 Å². The van der Waals surface area contributed by atoms with Crippen molar-refractivity contribution < 1.29 is 13.2 Å². The number of rotatable bonds is 4. The van der Waals surface area contributed by atoms with E-state index in [4.69, 9.17) is 16.3 Å². The van der Waals surface area contributed by atoms with Crippen LogP contribution in [0.2, 0.25) is 5.15 Å². The molecule has 0 saturated heterocycles. The van der Waals surface area contributed by atoms with E-state index >= 15 is 0 Å². The van der Waals surface area contributed by atoms with E-state index in [1.165, 1.54) is 23.8 Å². The second-order valence-corrected chi connectivity index (χ2v) is 6.38. The molecule has 0 aliphatic heterocycles. The molecule has 1 aromatic carbocycles. The van der Waals surface area contributed by atoms with Crippen LogP contribution in [-0.2, 0) is 10.0 Å². The Kier molecular flexibility index (Phi) is 3.63. The highest BCUT2D eigenvalue weighted by Crippen LogP contribution is 2.24. The van der Waals surface area contributed by atoms with Gasteiger partial charge in [0.25, 0.3) is 16.0 Å². The summed E-state index contributed by atoms with van der Waals surface area (Å²) in [6.07, 6.45) is 0. The molecule has 0 saturated carbocycles. The Hall–Kier alpha value is -2.32. The molecule has 0 bridgehead atoms. The third kappa shape index (κ3) is 2.58. The summed E-state index contributed by atoms with van der Waals surface area (Å²) in [5.74, 6) is 0.345. The van der Waals surface area contributed by atoms with E-state index in [-0.39, 0.29) is 16.0 Å². The van der Waals surface area contributed by atoms with Crippen LogP contribution in [0.15, 0.2) is 47.4 Å². The van der Waals surface area contributed by atoms with Gasteiger partial charge in [0.2, 0.25) is 5.65 Å². The predicted molar refractivity (Wildman–Crippen MR) is 81.8 cm³/mol. The molecule has 2 heterocycles. The van der Waals surface area contributed by atoms with Gasteiger partial charge in [-0.2, -0.15) is 9.50 Å². The van der Waals surface area contributed by atoms with Gasteiger partial charge in [-0.25, -0.2) is 13.1 Å². The minimum absolute atomic E-state index is 0.0877. The highest BCUT2D eigenvalue weighted by molar-refractivity contribution is 7.92. The summed E-state index contributed by atoms with van der Waals surface area (Å²) in [5, 5.41) is 4.32. The molecular weight excluding hydrogens is 328 g/mol. The quantitative estimate of drug-likeness (QED) is 0.737. The first-order valence-corrected chi connectivity index (χ1v) is 8.04. The van der Waals surface area contributed by atoms with Gasteiger partial charge in [0.05, 0.1) is 12.0 Å². The minimum atomic E-state index is -3.77. The lowest BCUT2D eigenvalue weighted by Crippen LogP contribution is -2.13. The number of fused-ring (bicyclic) bond motifs is 1. The van der Waals surface area contributed by atoms with E-state index in [0.717, 1.165) is 0 Å². The van der Waals surface area contributed by atoms with Crippen molar-refractivity contribution in [3.05, 3.63) is 47.6 Å². The number of pyridine rings is 1. The van der Waals surface area contributed by atoms with Gasteiger partial charge in [-0.1, -0.05) is 29.8 Å². The van der Waals surface area contributed by atoms with E-state index in [1.54, 1.807) is 30.3 Å². The number of hydrogen-bond donors (Lipinski definition) is 1. The lowest BCUT2D eigenvalue weighted by Gasteiger charge is -2.03.